The van der Waals surface area contributed by atoms with E-state index < -0.39 is 0 Å². The van der Waals surface area contributed by atoms with Crippen LogP contribution >= 0.6 is 22.7 Å². The summed E-state index contributed by atoms with van der Waals surface area (Å²) in [7, 11) is 0. The smallest absolute Gasteiger partial charge is 0.137 e. The molecule has 0 amide bonds. The van der Waals surface area contributed by atoms with Crippen molar-refractivity contribution in [3.05, 3.63) is 400 Å². The average Bonchev–Trinajstić information content (AvgIpc) is 1.71. The number of para-hydroxylation sites is 3. The van der Waals surface area contributed by atoms with Gasteiger partial charge < -0.3 is 27.8 Å². The molecule has 25 aromatic rings. The summed E-state index contributed by atoms with van der Waals surface area (Å²) in [6.45, 7) is 0. The third-order valence-electron chi connectivity index (χ3n) is 23.7. The average molecular weight is 1520 g/mol. The van der Waals surface area contributed by atoms with Gasteiger partial charge in [-0.05, 0) is 189 Å². The Hall–Kier alpha value is -14.8. The summed E-state index contributed by atoms with van der Waals surface area (Å²) in [6, 6.07) is 145. The van der Waals surface area contributed by atoms with Crippen molar-refractivity contribution in [3.63, 3.8) is 0 Å². The topological polar surface area (TPSA) is 42.6 Å². The van der Waals surface area contributed by atoms with E-state index in [9.17, 15) is 0 Å². The second-order valence-electron chi connectivity index (χ2n) is 30.2. The van der Waals surface area contributed by atoms with E-state index in [1.807, 2.05) is 46.9 Å². The molecule has 19 aromatic carbocycles. The predicted molar refractivity (Wildman–Crippen MR) is 495 cm³/mol. The first kappa shape index (κ1) is 65.9. The van der Waals surface area contributed by atoms with Crippen molar-refractivity contribution in [1.82, 2.24) is 9.13 Å². The molecule has 0 bridgehead atoms. The van der Waals surface area contributed by atoms with Crippen LogP contribution in [0, 0.1) is 0 Å². The third-order valence-corrected chi connectivity index (χ3v) is 26.0. The second-order valence-corrected chi connectivity index (χ2v) is 32.4. The number of hydrogen-bond acceptors (Lipinski definition) is 6. The van der Waals surface area contributed by atoms with Crippen LogP contribution < -0.4 is 9.80 Å². The minimum absolute atomic E-state index is 0.869. The van der Waals surface area contributed by atoms with E-state index in [0.29, 0.717) is 0 Å². The van der Waals surface area contributed by atoms with Crippen molar-refractivity contribution in [1.29, 1.82) is 0 Å². The fraction of sp³-hybridized carbons (Fsp3) is 0. The predicted octanol–water partition coefficient (Wildman–Crippen LogP) is 31.8. The Morgan fingerprint density at radius 1 is 0.198 bits per heavy atom. The molecule has 0 aliphatic rings. The molecule has 0 atom stereocenters. The Morgan fingerprint density at radius 2 is 0.578 bits per heavy atom. The molecule has 0 N–H and O–H groups in total. The summed E-state index contributed by atoms with van der Waals surface area (Å²) >= 11 is 3.73. The molecule has 0 spiro atoms. The molecule has 0 unspecified atom stereocenters. The van der Waals surface area contributed by atoms with Crippen LogP contribution in [-0.4, -0.2) is 9.13 Å². The quantitative estimate of drug-likeness (QED) is 0.137. The minimum Gasteiger partial charge on any atom is -0.456 e. The van der Waals surface area contributed by atoms with E-state index >= 15 is 0 Å². The van der Waals surface area contributed by atoms with Crippen molar-refractivity contribution in [2.24, 2.45) is 0 Å². The van der Waals surface area contributed by atoms with Gasteiger partial charge in [0.25, 0.3) is 0 Å². The van der Waals surface area contributed by atoms with Crippen LogP contribution in [0.25, 0.3) is 194 Å². The van der Waals surface area contributed by atoms with Crippen LogP contribution in [0.5, 0.6) is 0 Å². The molecule has 542 valence electrons. The van der Waals surface area contributed by atoms with Gasteiger partial charge in [0.1, 0.15) is 22.3 Å². The zero-order valence-electron chi connectivity index (χ0n) is 62.5. The Labute approximate surface area is 673 Å². The van der Waals surface area contributed by atoms with E-state index in [1.165, 1.54) is 133 Å². The van der Waals surface area contributed by atoms with Gasteiger partial charge in [-0.1, -0.05) is 243 Å². The largest absolute Gasteiger partial charge is 0.456 e. The second kappa shape index (κ2) is 26.4. The molecule has 0 saturated carbocycles. The van der Waals surface area contributed by atoms with Crippen molar-refractivity contribution < 1.29 is 8.83 Å². The maximum atomic E-state index is 6.40. The lowest BCUT2D eigenvalue weighted by molar-refractivity contribution is 0.668. The number of fused-ring (bicyclic) bond motifs is 22. The van der Waals surface area contributed by atoms with Crippen LogP contribution in [0.15, 0.2) is 409 Å². The van der Waals surface area contributed by atoms with Gasteiger partial charge in [-0.15, -0.1) is 22.7 Å². The standard InChI is InChI=1S/C56H34N2O2.C52H32N2S2/c1-3-13-42-36(10-1)12-9-17-49(42)57(40-26-28-46-44-15-5-7-18-52(44)59-54(46)33-40)39-24-20-35(21-25-39)38-23-30-50-48(32-38)56-43-14-4-2-11-37(43)22-31-51(56)58(50)41-27-29-47-45-16-6-8-19-53(45)60-55(47)34-41;1-2-12-39-34(10-1)11-9-17-46(39)53(37-25-27-43-41-14-4-7-18-49(41)55-51(43)31-37)36-23-20-33(21-24-36)35-22-29-48-45(30-35)40-13-3-6-16-47(40)54(48)38-26-28-44-42-15-5-8-19-50(42)56-52(44)32-38/h1-34H;1-32H. The van der Waals surface area contributed by atoms with E-state index in [0.717, 1.165) is 94.6 Å². The van der Waals surface area contributed by atoms with Gasteiger partial charge in [-0.25, -0.2) is 0 Å². The number of thiophene rings is 2. The molecule has 6 aromatic heterocycles. The van der Waals surface area contributed by atoms with Crippen LogP contribution in [0.4, 0.5) is 34.1 Å². The summed E-state index contributed by atoms with van der Waals surface area (Å²) in [6.07, 6.45) is 0. The maximum Gasteiger partial charge on any atom is 0.137 e. The van der Waals surface area contributed by atoms with Gasteiger partial charge in [0, 0.05) is 140 Å². The Balaban J connectivity index is 0.000000134. The number of furan rings is 2. The summed E-state index contributed by atoms with van der Waals surface area (Å²) in [5, 5.41) is 22.0. The fourth-order valence-electron chi connectivity index (χ4n) is 18.4. The lowest BCUT2D eigenvalue weighted by Crippen LogP contribution is -2.10. The van der Waals surface area contributed by atoms with E-state index in [1.54, 1.807) is 0 Å². The van der Waals surface area contributed by atoms with Crippen molar-refractivity contribution >= 4 is 217 Å². The van der Waals surface area contributed by atoms with E-state index in [-0.39, 0.29) is 0 Å². The maximum absolute atomic E-state index is 6.40. The molecule has 8 heteroatoms. The molecule has 0 radical (unpaired) electrons. The molecule has 116 heavy (non-hydrogen) atoms. The zero-order chi connectivity index (χ0) is 76.1. The SMILES string of the molecule is c1ccc2c(N(c3ccc(-c4ccc5c(c4)c4c6ccccc6ccc4n5-c4ccc5c(c4)oc4ccccc45)cc3)c3ccc4c(c3)oc3ccccc34)cccc2c1.c1ccc2c(N(c3ccc(-c4ccc5c(c4)c4ccccc4n5-c4ccc5c(c4)sc4ccccc45)cc3)c3ccc4c(c3)sc3ccccc34)cccc2c1. The number of hydrogen-bond donors (Lipinski definition) is 0. The summed E-state index contributed by atoms with van der Waals surface area (Å²) in [4.78, 5) is 4.76. The van der Waals surface area contributed by atoms with Crippen LogP contribution in [-0.2, 0) is 0 Å². The van der Waals surface area contributed by atoms with E-state index in [2.05, 4.69) is 395 Å². The molecule has 25 rings (SSSR count). The molecule has 6 heterocycles. The van der Waals surface area contributed by atoms with Crippen molar-refractivity contribution in [2.45, 2.75) is 0 Å². The van der Waals surface area contributed by atoms with Gasteiger partial charge in [0.05, 0.1) is 33.4 Å². The highest BCUT2D eigenvalue weighted by Crippen LogP contribution is 2.48. The number of rotatable bonds is 10. The van der Waals surface area contributed by atoms with Gasteiger partial charge >= 0.3 is 0 Å². The highest BCUT2D eigenvalue weighted by atomic mass is 32.1. The highest BCUT2D eigenvalue weighted by molar-refractivity contribution is 7.26. The first-order valence-corrected chi connectivity index (χ1v) is 41.0. The number of benzene rings is 19. The molecule has 0 fully saturated rings. The van der Waals surface area contributed by atoms with E-state index in [4.69, 9.17) is 8.83 Å². The molecule has 0 aliphatic heterocycles. The highest BCUT2D eigenvalue weighted by Gasteiger charge is 2.24. The molecular weight excluding hydrogens is 1450 g/mol. The summed E-state index contributed by atoms with van der Waals surface area (Å²) in [5.41, 5.74) is 21.9. The lowest BCUT2D eigenvalue weighted by atomic mass is 9.99. The van der Waals surface area contributed by atoms with Crippen LogP contribution in [0.2, 0.25) is 0 Å². The van der Waals surface area contributed by atoms with Crippen molar-refractivity contribution in [3.8, 4) is 33.6 Å². The number of nitrogens with zero attached hydrogens (tertiary/aromatic N) is 4. The van der Waals surface area contributed by atoms with Gasteiger partial charge in [0.15, 0.2) is 0 Å². The van der Waals surface area contributed by atoms with Gasteiger partial charge in [-0.2, -0.15) is 0 Å². The first-order chi connectivity index (χ1) is 57.5. The fourth-order valence-corrected chi connectivity index (χ4v) is 20.6. The van der Waals surface area contributed by atoms with Crippen LogP contribution in [0.3, 0.4) is 0 Å². The number of anilines is 6. The Morgan fingerprint density at radius 3 is 1.18 bits per heavy atom. The van der Waals surface area contributed by atoms with Crippen LogP contribution in [0.1, 0.15) is 0 Å². The third kappa shape index (κ3) is 10.6. The molecule has 0 saturated heterocycles. The summed E-state index contributed by atoms with van der Waals surface area (Å²) in [5.74, 6) is 0. The molecule has 6 nitrogen and oxygen atoms in total. The molecular formula is C108H66N4O2S2. The normalized spacial score (nSPS) is 12.0. The Bertz CT molecular complexity index is 8310. The number of aromatic nitrogens is 2. The monoisotopic (exact) mass is 1510 g/mol. The zero-order valence-corrected chi connectivity index (χ0v) is 64.2. The van der Waals surface area contributed by atoms with Gasteiger partial charge in [0.2, 0.25) is 0 Å². The van der Waals surface area contributed by atoms with Gasteiger partial charge in [-0.3, -0.25) is 0 Å². The minimum atomic E-state index is 0.869. The first-order valence-electron chi connectivity index (χ1n) is 39.4. The molecule has 0 aliphatic carbocycles. The lowest BCUT2D eigenvalue weighted by Gasteiger charge is -2.27. The Kier molecular flexibility index (Phi) is 15.0. The van der Waals surface area contributed by atoms with Crippen molar-refractivity contribution in [2.75, 3.05) is 9.80 Å². The summed E-state index contributed by atoms with van der Waals surface area (Å²) < 4.78 is 22.8.